The van der Waals surface area contributed by atoms with Gasteiger partial charge in [-0.15, -0.1) is 0 Å². The molecule has 1 aromatic carbocycles. The van der Waals surface area contributed by atoms with Crippen LogP contribution in [0.5, 0.6) is 5.75 Å². The van der Waals surface area contributed by atoms with Crippen molar-refractivity contribution in [3.8, 4) is 17.1 Å². The lowest BCUT2D eigenvalue weighted by Crippen LogP contribution is -2.03. The van der Waals surface area contributed by atoms with Gasteiger partial charge in [0, 0.05) is 29.8 Å². The summed E-state index contributed by atoms with van der Waals surface area (Å²) in [6, 6.07) is 6.17. The van der Waals surface area contributed by atoms with Crippen LogP contribution in [0.1, 0.15) is 31.4 Å². The van der Waals surface area contributed by atoms with Crippen LogP contribution in [0.2, 0.25) is 0 Å². The average molecular weight is 273 g/mol. The van der Waals surface area contributed by atoms with E-state index in [-0.39, 0.29) is 5.75 Å². The summed E-state index contributed by atoms with van der Waals surface area (Å²) in [6.07, 6.45) is 2.29. The number of nitrogens with one attached hydrogen (secondary N) is 1. The van der Waals surface area contributed by atoms with Crippen LogP contribution in [0.25, 0.3) is 11.4 Å². The average Bonchev–Trinajstić information content (AvgIpc) is 3.26. The minimum atomic E-state index is -0.659. The fraction of sp³-hybridized carbons (Fsp3) is 0.333. The number of phenols is 1. The van der Waals surface area contributed by atoms with Crippen molar-refractivity contribution in [1.82, 2.24) is 9.97 Å². The van der Waals surface area contributed by atoms with Gasteiger partial charge in [-0.25, -0.2) is 14.4 Å². The molecule has 0 saturated heterocycles. The Morgan fingerprint density at radius 3 is 2.75 bits per heavy atom. The molecule has 5 heteroatoms. The van der Waals surface area contributed by atoms with Crippen LogP contribution in [0.4, 0.5) is 10.2 Å². The van der Waals surface area contributed by atoms with Gasteiger partial charge < -0.3 is 10.4 Å². The first-order valence-corrected chi connectivity index (χ1v) is 6.79. The van der Waals surface area contributed by atoms with Gasteiger partial charge in [-0.1, -0.05) is 0 Å². The summed E-state index contributed by atoms with van der Waals surface area (Å²) in [6.45, 7) is 2.77. The van der Waals surface area contributed by atoms with E-state index in [1.165, 1.54) is 12.1 Å². The van der Waals surface area contributed by atoms with E-state index in [0.717, 1.165) is 30.9 Å². The Kier molecular flexibility index (Phi) is 3.26. The topological polar surface area (TPSA) is 58.0 Å². The molecule has 0 radical (unpaired) electrons. The van der Waals surface area contributed by atoms with E-state index in [4.69, 9.17) is 0 Å². The maximum atomic E-state index is 13.5. The molecule has 0 aliphatic heterocycles. The molecule has 104 valence electrons. The summed E-state index contributed by atoms with van der Waals surface area (Å²) in [7, 11) is 0. The van der Waals surface area contributed by atoms with Crippen molar-refractivity contribution in [2.75, 3.05) is 11.9 Å². The molecule has 1 aliphatic carbocycles. The smallest absolute Gasteiger partial charge is 0.165 e. The third-order valence-electron chi connectivity index (χ3n) is 3.31. The second kappa shape index (κ2) is 5.07. The zero-order chi connectivity index (χ0) is 14.1. The molecule has 0 spiro atoms. The highest BCUT2D eigenvalue weighted by Gasteiger charge is 2.26. The Labute approximate surface area is 116 Å². The van der Waals surface area contributed by atoms with E-state index in [2.05, 4.69) is 15.3 Å². The minimum Gasteiger partial charge on any atom is -0.505 e. The van der Waals surface area contributed by atoms with Crippen LogP contribution in [0, 0.1) is 5.82 Å². The molecule has 20 heavy (non-hydrogen) atoms. The Hall–Kier alpha value is -2.17. The Balaban J connectivity index is 2.04. The standard InChI is InChI=1S/C15H16FN3O/c1-2-17-14-8-12(9-3-4-9)18-15(19-14)10-5-6-13(20)11(16)7-10/h5-9,20H,2-4H2,1H3,(H,17,18,19). The molecule has 1 aromatic heterocycles. The second-order valence-corrected chi connectivity index (χ2v) is 4.97. The van der Waals surface area contributed by atoms with E-state index in [1.54, 1.807) is 6.07 Å². The molecular weight excluding hydrogens is 257 g/mol. The van der Waals surface area contributed by atoms with Crippen LogP contribution < -0.4 is 5.32 Å². The van der Waals surface area contributed by atoms with Gasteiger partial charge in [0.1, 0.15) is 5.82 Å². The molecule has 1 saturated carbocycles. The molecule has 0 atom stereocenters. The Morgan fingerprint density at radius 2 is 2.10 bits per heavy atom. The zero-order valence-electron chi connectivity index (χ0n) is 11.2. The van der Waals surface area contributed by atoms with E-state index in [9.17, 15) is 9.50 Å². The van der Waals surface area contributed by atoms with Crippen LogP contribution in [-0.4, -0.2) is 21.6 Å². The van der Waals surface area contributed by atoms with E-state index in [1.807, 2.05) is 13.0 Å². The van der Waals surface area contributed by atoms with Gasteiger partial charge in [-0.2, -0.15) is 0 Å². The third-order valence-corrected chi connectivity index (χ3v) is 3.31. The number of nitrogens with zero attached hydrogens (tertiary/aromatic N) is 2. The van der Waals surface area contributed by atoms with Gasteiger partial charge in [-0.05, 0) is 38.0 Å². The lowest BCUT2D eigenvalue weighted by molar-refractivity contribution is 0.432. The first-order chi connectivity index (χ1) is 9.67. The van der Waals surface area contributed by atoms with Crippen molar-refractivity contribution < 1.29 is 9.50 Å². The maximum absolute atomic E-state index is 13.5. The first kappa shape index (κ1) is 12.8. The number of halogens is 1. The third kappa shape index (κ3) is 2.57. The fourth-order valence-corrected chi connectivity index (χ4v) is 2.10. The van der Waals surface area contributed by atoms with Crippen molar-refractivity contribution in [3.63, 3.8) is 0 Å². The predicted molar refractivity (Wildman–Crippen MR) is 75.2 cm³/mol. The summed E-state index contributed by atoms with van der Waals surface area (Å²) >= 11 is 0. The highest BCUT2D eigenvalue weighted by atomic mass is 19.1. The summed E-state index contributed by atoms with van der Waals surface area (Å²) in [4.78, 5) is 8.92. The van der Waals surface area contributed by atoms with E-state index >= 15 is 0 Å². The van der Waals surface area contributed by atoms with Crippen LogP contribution in [-0.2, 0) is 0 Å². The zero-order valence-corrected chi connectivity index (χ0v) is 11.2. The van der Waals surface area contributed by atoms with Crippen LogP contribution in [0.3, 0.4) is 0 Å². The largest absolute Gasteiger partial charge is 0.505 e. The molecule has 0 bridgehead atoms. The summed E-state index contributed by atoms with van der Waals surface area (Å²) in [5.41, 5.74) is 1.57. The quantitative estimate of drug-likeness (QED) is 0.897. The normalized spacial score (nSPS) is 14.3. The van der Waals surface area contributed by atoms with Crippen LogP contribution in [0.15, 0.2) is 24.3 Å². The monoisotopic (exact) mass is 273 g/mol. The van der Waals surface area contributed by atoms with Crippen molar-refractivity contribution in [1.29, 1.82) is 0 Å². The number of rotatable bonds is 4. The minimum absolute atomic E-state index is 0.362. The summed E-state index contributed by atoms with van der Waals surface area (Å²) < 4.78 is 13.5. The SMILES string of the molecule is CCNc1cc(C2CC2)nc(-c2ccc(O)c(F)c2)n1. The summed E-state index contributed by atoms with van der Waals surface area (Å²) in [5.74, 6) is 0.722. The van der Waals surface area contributed by atoms with Gasteiger partial charge in [0.25, 0.3) is 0 Å². The fourth-order valence-electron chi connectivity index (χ4n) is 2.10. The highest BCUT2D eigenvalue weighted by molar-refractivity contribution is 5.59. The molecule has 1 heterocycles. The van der Waals surface area contributed by atoms with E-state index in [0.29, 0.717) is 17.3 Å². The van der Waals surface area contributed by atoms with Crippen molar-refractivity contribution in [3.05, 3.63) is 35.8 Å². The first-order valence-electron chi connectivity index (χ1n) is 6.79. The van der Waals surface area contributed by atoms with Crippen molar-refractivity contribution in [2.45, 2.75) is 25.7 Å². The molecule has 0 unspecified atom stereocenters. The number of aromatic nitrogens is 2. The van der Waals surface area contributed by atoms with E-state index < -0.39 is 5.82 Å². The highest BCUT2D eigenvalue weighted by Crippen LogP contribution is 2.40. The molecule has 2 aromatic rings. The molecule has 4 nitrogen and oxygen atoms in total. The molecular formula is C15H16FN3O. The van der Waals surface area contributed by atoms with Crippen LogP contribution >= 0.6 is 0 Å². The number of phenolic OH excluding ortho intramolecular Hbond substituents is 1. The predicted octanol–water partition coefficient (Wildman–Crippen LogP) is 3.30. The Bertz CT molecular complexity index is 641. The lowest BCUT2D eigenvalue weighted by Gasteiger charge is -2.09. The summed E-state index contributed by atoms with van der Waals surface area (Å²) in [5, 5.41) is 12.4. The van der Waals surface area contributed by atoms with Gasteiger partial charge in [0.2, 0.25) is 0 Å². The number of hydrogen-bond acceptors (Lipinski definition) is 4. The Morgan fingerprint density at radius 1 is 1.30 bits per heavy atom. The van der Waals surface area contributed by atoms with Gasteiger partial charge in [0.15, 0.2) is 17.4 Å². The number of aromatic hydroxyl groups is 1. The van der Waals surface area contributed by atoms with Gasteiger partial charge in [-0.3, -0.25) is 0 Å². The molecule has 0 amide bonds. The molecule has 1 fully saturated rings. The number of anilines is 1. The molecule has 1 aliphatic rings. The van der Waals surface area contributed by atoms with Gasteiger partial charge >= 0.3 is 0 Å². The maximum Gasteiger partial charge on any atom is 0.165 e. The number of hydrogen-bond donors (Lipinski definition) is 2. The van der Waals surface area contributed by atoms with Gasteiger partial charge in [0.05, 0.1) is 0 Å². The van der Waals surface area contributed by atoms with Crippen molar-refractivity contribution >= 4 is 5.82 Å². The second-order valence-electron chi connectivity index (χ2n) is 4.97. The molecule has 3 rings (SSSR count). The lowest BCUT2D eigenvalue weighted by atomic mass is 10.2. The molecule has 2 N–H and O–H groups in total. The number of benzene rings is 1. The van der Waals surface area contributed by atoms with Crippen molar-refractivity contribution in [2.24, 2.45) is 0 Å².